The molecule has 0 heterocycles. The molecule has 16 heavy (non-hydrogen) atoms. The zero-order chi connectivity index (χ0) is 12.2. The van der Waals surface area contributed by atoms with E-state index in [1.165, 1.54) is 6.07 Å². The molecule has 0 aliphatic rings. The standard InChI is InChI=1S/C14H22FN/c1-14(2,3)10-9-13(16-4)11-7-5-6-8-12(11)15/h5-8,13,16H,9-10H2,1-4H3. The van der Waals surface area contributed by atoms with Crippen LogP contribution < -0.4 is 5.32 Å². The normalized spacial score (nSPS) is 13.8. The van der Waals surface area contributed by atoms with Crippen molar-refractivity contribution in [3.8, 4) is 0 Å². The molecule has 0 fully saturated rings. The van der Waals surface area contributed by atoms with E-state index in [1.807, 2.05) is 19.2 Å². The molecule has 1 aromatic carbocycles. The summed E-state index contributed by atoms with van der Waals surface area (Å²) in [5, 5.41) is 3.19. The van der Waals surface area contributed by atoms with E-state index in [0.29, 0.717) is 5.41 Å². The van der Waals surface area contributed by atoms with Crippen LogP contribution in [-0.4, -0.2) is 7.05 Å². The van der Waals surface area contributed by atoms with Gasteiger partial charge in [-0.05, 0) is 31.4 Å². The molecule has 0 bridgehead atoms. The van der Waals surface area contributed by atoms with Crippen molar-refractivity contribution in [2.45, 2.75) is 39.7 Å². The maximum atomic E-state index is 13.6. The zero-order valence-corrected chi connectivity index (χ0v) is 10.7. The van der Waals surface area contributed by atoms with Gasteiger partial charge in [-0.3, -0.25) is 0 Å². The van der Waals surface area contributed by atoms with Crippen LogP contribution in [0.5, 0.6) is 0 Å². The highest BCUT2D eigenvalue weighted by molar-refractivity contribution is 5.21. The third kappa shape index (κ3) is 3.93. The molecular formula is C14H22FN. The quantitative estimate of drug-likeness (QED) is 0.816. The van der Waals surface area contributed by atoms with Crippen LogP contribution in [0.25, 0.3) is 0 Å². The molecule has 1 aromatic rings. The SMILES string of the molecule is CNC(CCC(C)(C)C)c1ccccc1F. The Bertz CT molecular complexity index is 328. The minimum absolute atomic E-state index is 0.112. The first kappa shape index (κ1) is 13.2. The Balaban J connectivity index is 2.72. The molecule has 0 amide bonds. The first-order chi connectivity index (χ1) is 7.44. The Morgan fingerprint density at radius 2 is 1.88 bits per heavy atom. The fourth-order valence-electron chi connectivity index (χ4n) is 1.79. The van der Waals surface area contributed by atoms with Gasteiger partial charge in [-0.15, -0.1) is 0 Å². The highest BCUT2D eigenvalue weighted by Crippen LogP contribution is 2.28. The van der Waals surface area contributed by atoms with Crippen LogP contribution in [0.15, 0.2) is 24.3 Å². The topological polar surface area (TPSA) is 12.0 Å². The van der Waals surface area contributed by atoms with E-state index < -0.39 is 0 Å². The van der Waals surface area contributed by atoms with Crippen molar-refractivity contribution in [1.82, 2.24) is 5.32 Å². The summed E-state index contributed by atoms with van der Waals surface area (Å²) in [4.78, 5) is 0. The van der Waals surface area contributed by atoms with Gasteiger partial charge >= 0.3 is 0 Å². The molecular weight excluding hydrogens is 201 g/mol. The summed E-state index contributed by atoms with van der Waals surface area (Å²) in [6, 6.07) is 7.12. The van der Waals surface area contributed by atoms with Crippen LogP contribution in [0.2, 0.25) is 0 Å². The second-order valence-corrected chi connectivity index (χ2v) is 5.46. The van der Waals surface area contributed by atoms with Crippen molar-refractivity contribution in [2.75, 3.05) is 7.05 Å². The average Bonchev–Trinajstić information content (AvgIpc) is 2.20. The summed E-state index contributed by atoms with van der Waals surface area (Å²) in [5.41, 5.74) is 1.06. The highest BCUT2D eigenvalue weighted by atomic mass is 19.1. The molecule has 0 aromatic heterocycles. The third-order valence-electron chi connectivity index (χ3n) is 2.81. The van der Waals surface area contributed by atoms with Gasteiger partial charge in [-0.1, -0.05) is 39.0 Å². The second-order valence-electron chi connectivity index (χ2n) is 5.46. The zero-order valence-electron chi connectivity index (χ0n) is 10.7. The van der Waals surface area contributed by atoms with Crippen LogP contribution in [0, 0.1) is 11.2 Å². The van der Waals surface area contributed by atoms with Crippen LogP contribution in [0.1, 0.15) is 45.2 Å². The van der Waals surface area contributed by atoms with Crippen LogP contribution in [0.3, 0.4) is 0 Å². The van der Waals surface area contributed by atoms with Crippen molar-refractivity contribution >= 4 is 0 Å². The van der Waals surface area contributed by atoms with Crippen LogP contribution in [0.4, 0.5) is 4.39 Å². The number of halogens is 1. The Morgan fingerprint density at radius 1 is 1.25 bits per heavy atom. The number of hydrogen-bond acceptors (Lipinski definition) is 1. The Morgan fingerprint density at radius 3 is 2.38 bits per heavy atom. The largest absolute Gasteiger partial charge is 0.313 e. The molecule has 0 spiro atoms. The summed E-state index contributed by atoms with van der Waals surface area (Å²) >= 11 is 0. The molecule has 1 atom stereocenters. The Kier molecular flexibility index (Phi) is 4.48. The van der Waals surface area contributed by atoms with Crippen LogP contribution in [-0.2, 0) is 0 Å². The minimum atomic E-state index is -0.115. The van der Waals surface area contributed by atoms with Gasteiger partial charge in [0.25, 0.3) is 0 Å². The molecule has 0 aliphatic heterocycles. The summed E-state index contributed by atoms with van der Waals surface area (Å²) in [6.07, 6.45) is 2.04. The molecule has 2 heteroatoms. The van der Waals surface area contributed by atoms with Crippen molar-refractivity contribution in [3.63, 3.8) is 0 Å². The summed E-state index contributed by atoms with van der Waals surface area (Å²) in [6.45, 7) is 6.63. The predicted octanol–water partition coefficient (Wildman–Crippen LogP) is 3.91. The lowest BCUT2D eigenvalue weighted by molar-refractivity contribution is 0.335. The van der Waals surface area contributed by atoms with E-state index in [1.54, 1.807) is 6.07 Å². The maximum absolute atomic E-state index is 13.6. The van der Waals surface area contributed by atoms with Crippen molar-refractivity contribution < 1.29 is 4.39 Å². The van der Waals surface area contributed by atoms with E-state index in [4.69, 9.17) is 0 Å². The fourth-order valence-corrected chi connectivity index (χ4v) is 1.79. The molecule has 0 radical (unpaired) electrons. The van der Waals surface area contributed by atoms with Crippen molar-refractivity contribution in [2.24, 2.45) is 5.41 Å². The van der Waals surface area contributed by atoms with Crippen LogP contribution >= 0.6 is 0 Å². The van der Waals surface area contributed by atoms with E-state index >= 15 is 0 Å². The first-order valence-corrected chi connectivity index (χ1v) is 5.86. The number of rotatable bonds is 4. The Labute approximate surface area is 98.1 Å². The van der Waals surface area contributed by atoms with Gasteiger partial charge in [0, 0.05) is 11.6 Å². The van der Waals surface area contributed by atoms with Gasteiger partial charge in [-0.25, -0.2) is 4.39 Å². The molecule has 1 nitrogen and oxygen atoms in total. The van der Waals surface area contributed by atoms with E-state index in [0.717, 1.165) is 18.4 Å². The smallest absolute Gasteiger partial charge is 0.127 e. The third-order valence-corrected chi connectivity index (χ3v) is 2.81. The lowest BCUT2D eigenvalue weighted by atomic mass is 9.87. The minimum Gasteiger partial charge on any atom is -0.313 e. The molecule has 0 saturated carbocycles. The van der Waals surface area contributed by atoms with Gasteiger partial charge in [-0.2, -0.15) is 0 Å². The fraction of sp³-hybridized carbons (Fsp3) is 0.571. The Hall–Kier alpha value is -0.890. The van der Waals surface area contributed by atoms with E-state index in [9.17, 15) is 4.39 Å². The number of benzene rings is 1. The monoisotopic (exact) mass is 223 g/mol. The molecule has 90 valence electrons. The molecule has 1 rings (SSSR count). The lowest BCUT2D eigenvalue weighted by Gasteiger charge is -2.23. The summed E-state index contributed by atoms with van der Waals surface area (Å²) < 4.78 is 13.6. The average molecular weight is 223 g/mol. The highest BCUT2D eigenvalue weighted by Gasteiger charge is 2.17. The van der Waals surface area contributed by atoms with Gasteiger partial charge in [0.15, 0.2) is 0 Å². The predicted molar refractivity (Wildman–Crippen MR) is 66.9 cm³/mol. The maximum Gasteiger partial charge on any atom is 0.127 e. The molecule has 1 N–H and O–H groups in total. The first-order valence-electron chi connectivity index (χ1n) is 5.86. The van der Waals surface area contributed by atoms with Gasteiger partial charge in [0.05, 0.1) is 0 Å². The van der Waals surface area contributed by atoms with E-state index in [-0.39, 0.29) is 11.9 Å². The summed E-state index contributed by atoms with van der Waals surface area (Å²) in [5.74, 6) is -0.115. The number of hydrogen-bond donors (Lipinski definition) is 1. The van der Waals surface area contributed by atoms with Crippen molar-refractivity contribution in [3.05, 3.63) is 35.6 Å². The van der Waals surface area contributed by atoms with E-state index in [2.05, 4.69) is 26.1 Å². The summed E-state index contributed by atoms with van der Waals surface area (Å²) in [7, 11) is 1.89. The molecule has 1 unspecified atom stereocenters. The molecule has 0 saturated heterocycles. The molecule has 0 aliphatic carbocycles. The van der Waals surface area contributed by atoms with Crippen molar-refractivity contribution in [1.29, 1.82) is 0 Å². The number of nitrogens with one attached hydrogen (secondary N) is 1. The van der Waals surface area contributed by atoms with Gasteiger partial charge < -0.3 is 5.32 Å². The van der Waals surface area contributed by atoms with Gasteiger partial charge in [0.2, 0.25) is 0 Å². The second kappa shape index (κ2) is 5.44. The lowest BCUT2D eigenvalue weighted by Crippen LogP contribution is -2.20. The van der Waals surface area contributed by atoms with Gasteiger partial charge in [0.1, 0.15) is 5.82 Å².